The highest BCUT2D eigenvalue weighted by molar-refractivity contribution is 5.24. The molecule has 118 valence electrons. The lowest BCUT2D eigenvalue weighted by Gasteiger charge is -2.29. The van der Waals surface area contributed by atoms with E-state index in [0.717, 1.165) is 32.4 Å². The molecule has 1 heterocycles. The molecular formula is C17H26FNO2. The van der Waals surface area contributed by atoms with E-state index in [0.29, 0.717) is 17.5 Å². The van der Waals surface area contributed by atoms with Gasteiger partial charge in [0.25, 0.3) is 0 Å². The maximum Gasteiger partial charge on any atom is 0.126 e. The summed E-state index contributed by atoms with van der Waals surface area (Å²) < 4.78 is 13.6. The van der Waals surface area contributed by atoms with E-state index in [1.54, 1.807) is 19.1 Å². The van der Waals surface area contributed by atoms with Gasteiger partial charge in [0.05, 0.1) is 12.7 Å². The predicted molar refractivity (Wildman–Crippen MR) is 81.6 cm³/mol. The summed E-state index contributed by atoms with van der Waals surface area (Å²) in [6, 6.07) is 5.12. The zero-order chi connectivity index (χ0) is 15.2. The second-order valence-electron chi connectivity index (χ2n) is 6.03. The van der Waals surface area contributed by atoms with Gasteiger partial charge in [0.2, 0.25) is 0 Å². The van der Waals surface area contributed by atoms with Crippen molar-refractivity contribution in [2.75, 3.05) is 19.7 Å². The molecule has 1 aliphatic rings. The molecule has 2 rings (SSSR count). The quantitative estimate of drug-likeness (QED) is 0.878. The summed E-state index contributed by atoms with van der Waals surface area (Å²) in [5.41, 5.74) is 1.23. The molecule has 2 atom stereocenters. The second-order valence-corrected chi connectivity index (χ2v) is 6.03. The third kappa shape index (κ3) is 4.50. The number of halogens is 1. The number of hydrogen-bond acceptors (Lipinski definition) is 3. The van der Waals surface area contributed by atoms with Gasteiger partial charge >= 0.3 is 0 Å². The van der Waals surface area contributed by atoms with Crippen LogP contribution in [0.3, 0.4) is 0 Å². The third-order valence-corrected chi connectivity index (χ3v) is 4.48. The molecule has 1 saturated heterocycles. The molecule has 2 N–H and O–H groups in total. The fourth-order valence-corrected chi connectivity index (χ4v) is 3.01. The Morgan fingerprint density at radius 1 is 1.33 bits per heavy atom. The molecule has 0 bridgehead atoms. The zero-order valence-corrected chi connectivity index (χ0v) is 12.8. The molecule has 1 aromatic rings. The van der Waals surface area contributed by atoms with Crippen LogP contribution in [0.4, 0.5) is 4.39 Å². The molecule has 4 heteroatoms. The highest BCUT2D eigenvalue weighted by atomic mass is 19.1. The Hall–Kier alpha value is -0.970. The first-order chi connectivity index (χ1) is 10.1. The molecule has 1 aliphatic heterocycles. The molecule has 2 unspecified atom stereocenters. The lowest BCUT2D eigenvalue weighted by Crippen LogP contribution is -2.38. The maximum absolute atomic E-state index is 13.6. The molecule has 0 saturated carbocycles. The highest BCUT2D eigenvalue weighted by Gasteiger charge is 2.21. The van der Waals surface area contributed by atoms with E-state index in [9.17, 15) is 14.6 Å². The van der Waals surface area contributed by atoms with Gasteiger partial charge in [-0.2, -0.15) is 0 Å². The summed E-state index contributed by atoms with van der Waals surface area (Å²) >= 11 is 0. The Labute approximate surface area is 126 Å². The smallest absolute Gasteiger partial charge is 0.126 e. The van der Waals surface area contributed by atoms with E-state index in [-0.39, 0.29) is 18.5 Å². The van der Waals surface area contributed by atoms with Crippen molar-refractivity contribution in [3.8, 4) is 0 Å². The van der Waals surface area contributed by atoms with Crippen molar-refractivity contribution in [1.29, 1.82) is 0 Å². The Balaban J connectivity index is 1.92. The average molecular weight is 295 g/mol. The van der Waals surface area contributed by atoms with Crippen LogP contribution in [0, 0.1) is 12.7 Å². The number of rotatable bonds is 5. The van der Waals surface area contributed by atoms with E-state index in [1.165, 1.54) is 12.5 Å². The van der Waals surface area contributed by atoms with Crippen LogP contribution >= 0.6 is 0 Å². The normalized spacial score (nSPS) is 22.0. The number of hydrogen-bond donors (Lipinski definition) is 2. The van der Waals surface area contributed by atoms with E-state index in [2.05, 4.69) is 4.90 Å². The summed E-state index contributed by atoms with van der Waals surface area (Å²) in [5.74, 6) is -0.269. The van der Waals surface area contributed by atoms with E-state index in [1.807, 2.05) is 0 Å². The lowest BCUT2D eigenvalue weighted by atomic mass is 10.0. The Morgan fingerprint density at radius 3 is 2.86 bits per heavy atom. The molecule has 0 radical (unpaired) electrons. The summed E-state index contributed by atoms with van der Waals surface area (Å²) in [5, 5.41) is 19.7. The first-order valence-electron chi connectivity index (χ1n) is 7.91. The second kappa shape index (κ2) is 7.87. The van der Waals surface area contributed by atoms with Crippen LogP contribution in [0.1, 0.15) is 49.3 Å². The Kier molecular flexibility index (Phi) is 6.15. The minimum Gasteiger partial charge on any atom is -0.395 e. The van der Waals surface area contributed by atoms with Gasteiger partial charge in [-0.15, -0.1) is 0 Å². The van der Waals surface area contributed by atoms with Crippen molar-refractivity contribution in [1.82, 2.24) is 4.90 Å². The highest BCUT2D eigenvalue weighted by Crippen LogP contribution is 2.22. The number of benzene rings is 1. The first-order valence-corrected chi connectivity index (χ1v) is 7.91. The number of nitrogens with zero attached hydrogens (tertiary/aromatic N) is 1. The largest absolute Gasteiger partial charge is 0.395 e. The lowest BCUT2D eigenvalue weighted by molar-refractivity contribution is 0.0946. The predicted octanol–water partition coefficient (Wildman–Crippen LogP) is 2.79. The molecule has 0 aliphatic carbocycles. The van der Waals surface area contributed by atoms with Gasteiger partial charge in [0.1, 0.15) is 5.82 Å². The summed E-state index contributed by atoms with van der Waals surface area (Å²) in [4.78, 5) is 2.26. The molecule has 0 aromatic heterocycles. The Bertz CT molecular complexity index is 452. The maximum atomic E-state index is 13.6. The standard InChI is InChI=1S/C17H26FNO2/c1-13-6-7-14(11-16(13)18)17(21)8-10-19-9-4-2-3-5-15(19)12-20/h6-7,11,15,17,20-21H,2-5,8-10,12H2,1H3. The van der Waals surface area contributed by atoms with Gasteiger partial charge in [-0.05, 0) is 49.9 Å². The summed E-state index contributed by atoms with van der Waals surface area (Å²) in [6.07, 6.45) is 4.45. The SMILES string of the molecule is Cc1ccc(C(O)CCN2CCCCCC2CO)cc1F. The fraction of sp³-hybridized carbons (Fsp3) is 0.647. The van der Waals surface area contributed by atoms with Crippen LogP contribution in [-0.2, 0) is 0 Å². The molecule has 1 fully saturated rings. The van der Waals surface area contributed by atoms with E-state index < -0.39 is 6.10 Å². The van der Waals surface area contributed by atoms with E-state index >= 15 is 0 Å². The van der Waals surface area contributed by atoms with Crippen molar-refractivity contribution in [3.05, 3.63) is 35.1 Å². The van der Waals surface area contributed by atoms with Crippen LogP contribution in [0.2, 0.25) is 0 Å². The van der Waals surface area contributed by atoms with Crippen LogP contribution in [0.15, 0.2) is 18.2 Å². The van der Waals surface area contributed by atoms with Crippen molar-refractivity contribution < 1.29 is 14.6 Å². The van der Waals surface area contributed by atoms with Crippen molar-refractivity contribution >= 4 is 0 Å². The van der Waals surface area contributed by atoms with Gasteiger partial charge in [0.15, 0.2) is 0 Å². The fourth-order valence-electron chi connectivity index (χ4n) is 3.01. The van der Waals surface area contributed by atoms with Crippen molar-refractivity contribution in [3.63, 3.8) is 0 Å². The van der Waals surface area contributed by atoms with Gasteiger partial charge in [-0.1, -0.05) is 25.0 Å². The average Bonchev–Trinajstić information content (AvgIpc) is 2.72. The van der Waals surface area contributed by atoms with Gasteiger partial charge in [-0.25, -0.2) is 4.39 Å². The number of aryl methyl sites for hydroxylation is 1. The topological polar surface area (TPSA) is 43.7 Å². The summed E-state index contributed by atoms with van der Waals surface area (Å²) in [6.45, 7) is 3.60. The van der Waals surface area contributed by atoms with Gasteiger partial charge < -0.3 is 10.2 Å². The van der Waals surface area contributed by atoms with Crippen LogP contribution in [-0.4, -0.2) is 40.9 Å². The minimum absolute atomic E-state index is 0.176. The first kappa shape index (κ1) is 16.4. The number of aliphatic hydroxyl groups is 2. The Morgan fingerprint density at radius 2 is 2.14 bits per heavy atom. The number of likely N-dealkylation sites (tertiary alicyclic amines) is 1. The molecule has 21 heavy (non-hydrogen) atoms. The zero-order valence-electron chi connectivity index (χ0n) is 12.8. The molecular weight excluding hydrogens is 269 g/mol. The molecule has 0 amide bonds. The van der Waals surface area contributed by atoms with Crippen LogP contribution < -0.4 is 0 Å². The molecule has 0 spiro atoms. The molecule has 1 aromatic carbocycles. The molecule has 3 nitrogen and oxygen atoms in total. The van der Waals surface area contributed by atoms with Gasteiger partial charge in [-0.3, -0.25) is 4.90 Å². The van der Waals surface area contributed by atoms with Crippen molar-refractivity contribution in [2.45, 2.75) is 51.2 Å². The van der Waals surface area contributed by atoms with Crippen LogP contribution in [0.5, 0.6) is 0 Å². The third-order valence-electron chi connectivity index (χ3n) is 4.48. The minimum atomic E-state index is -0.650. The van der Waals surface area contributed by atoms with Gasteiger partial charge in [0, 0.05) is 12.6 Å². The summed E-state index contributed by atoms with van der Waals surface area (Å²) in [7, 11) is 0. The van der Waals surface area contributed by atoms with E-state index in [4.69, 9.17) is 0 Å². The van der Waals surface area contributed by atoms with Crippen LogP contribution in [0.25, 0.3) is 0 Å². The van der Waals surface area contributed by atoms with Crippen molar-refractivity contribution in [2.24, 2.45) is 0 Å². The monoisotopic (exact) mass is 295 g/mol. The number of aliphatic hydroxyl groups excluding tert-OH is 2.